The Labute approximate surface area is 393 Å². The summed E-state index contributed by atoms with van der Waals surface area (Å²) in [4.78, 5) is 31.0. The summed E-state index contributed by atoms with van der Waals surface area (Å²) < 4.78 is 27.1. The van der Waals surface area contributed by atoms with Gasteiger partial charge < -0.3 is 40.2 Å². The monoisotopic (exact) mass is 880 g/mol. The molecule has 0 aliphatic heterocycles. The molecule has 10 nitrogen and oxygen atoms in total. The van der Waals surface area contributed by atoms with Crippen LogP contribution in [0.1, 0.15) is 85.7 Å². The molecule has 0 saturated heterocycles. The van der Waals surface area contributed by atoms with E-state index in [1.807, 2.05) is 48.5 Å². The molecule has 8 rings (SSSR count). The number of hydrogen-bond acceptors (Lipinski definition) is 10. The number of fused-ring (bicyclic) bond motifs is 2. The summed E-state index contributed by atoms with van der Waals surface area (Å²) in [6, 6.07) is 28.1. The molecule has 320 valence electrons. The van der Waals surface area contributed by atoms with Crippen LogP contribution in [0.3, 0.4) is 0 Å². The van der Waals surface area contributed by atoms with Crippen molar-refractivity contribution in [1.29, 1.82) is 0 Å². The molecule has 4 N–H and O–H groups in total. The zero-order valence-corrected chi connectivity index (χ0v) is 36.7. The van der Waals surface area contributed by atoms with Gasteiger partial charge in [-0.25, -0.2) is 8.78 Å². The number of pyridine rings is 2. The Morgan fingerprint density at radius 2 is 0.937 bits per heavy atom. The number of aliphatic hydroxyl groups is 4. The van der Waals surface area contributed by atoms with Crippen molar-refractivity contribution in [2.45, 2.75) is 87.6 Å². The number of nitrogens with zero attached hydrogens (tertiary/aromatic N) is 2. The summed E-state index contributed by atoms with van der Waals surface area (Å²) in [5.41, 5.74) is 8.76. The normalized spacial score (nSPS) is 15.7. The number of aliphatic hydroxyl groups excluding tert-OH is 4. The van der Waals surface area contributed by atoms with Crippen molar-refractivity contribution in [1.82, 2.24) is 9.97 Å². The van der Waals surface area contributed by atoms with Gasteiger partial charge in [0, 0.05) is 82.5 Å². The third kappa shape index (κ3) is 12.6. The van der Waals surface area contributed by atoms with E-state index in [1.165, 1.54) is 24.3 Å². The number of para-hydroxylation sites is 2. The smallest absolute Gasteiger partial charge is 0.550 e. The Bertz CT molecular complexity index is 2430. The Hall–Kier alpha value is -4.92. The number of halogens is 2. The third-order valence-electron chi connectivity index (χ3n) is 10.9. The van der Waals surface area contributed by atoms with Crippen LogP contribution in [-0.2, 0) is 9.59 Å². The first-order chi connectivity index (χ1) is 29.8. The van der Waals surface area contributed by atoms with E-state index in [0.717, 1.165) is 92.3 Å². The fraction of sp³-hybridized carbons (Fsp3) is 0.280. The minimum atomic E-state index is -1.36. The van der Waals surface area contributed by atoms with E-state index in [-0.39, 0.29) is 62.2 Å². The summed E-state index contributed by atoms with van der Waals surface area (Å²) in [6.07, 6.45) is 5.02. The van der Waals surface area contributed by atoms with E-state index < -0.39 is 49.2 Å². The molecule has 0 bridgehead atoms. The summed E-state index contributed by atoms with van der Waals surface area (Å²) in [5.74, 6) is -2.72. The number of carboxylic acid groups (broad SMARTS) is 2. The first kappa shape index (κ1) is 47.6. The molecule has 2 saturated carbocycles. The van der Waals surface area contributed by atoms with E-state index in [1.54, 1.807) is 48.6 Å². The Kier molecular flexibility index (Phi) is 16.3. The van der Waals surface area contributed by atoms with E-state index in [9.17, 15) is 49.0 Å². The molecule has 2 aromatic heterocycles. The van der Waals surface area contributed by atoms with Gasteiger partial charge in [0.25, 0.3) is 0 Å². The maximum absolute atomic E-state index is 13.6. The molecule has 2 fully saturated rings. The van der Waals surface area contributed by atoms with E-state index in [4.69, 9.17) is 9.97 Å². The molecule has 2 heterocycles. The number of carbonyl (C=O) groups is 2. The molecule has 6 aromatic rings. The van der Waals surface area contributed by atoms with Crippen LogP contribution in [0.15, 0.2) is 109 Å². The van der Waals surface area contributed by atoms with Crippen LogP contribution in [0.2, 0.25) is 0 Å². The molecule has 2 unspecified atom stereocenters. The molecular formula is C50H46CaF2N2O8. The minimum absolute atomic E-state index is 0. The summed E-state index contributed by atoms with van der Waals surface area (Å²) >= 11 is 0. The maximum Gasteiger partial charge on any atom is 2.00 e. The molecule has 0 spiro atoms. The molecule has 2 aliphatic rings. The molecular weight excluding hydrogens is 835 g/mol. The third-order valence-corrected chi connectivity index (χ3v) is 10.9. The van der Waals surface area contributed by atoms with E-state index in [0.29, 0.717) is 11.8 Å². The van der Waals surface area contributed by atoms with Crippen LogP contribution in [0.25, 0.3) is 56.2 Å². The fourth-order valence-electron chi connectivity index (χ4n) is 7.70. The summed E-state index contributed by atoms with van der Waals surface area (Å²) in [5, 5.41) is 63.3. The van der Waals surface area contributed by atoms with Crippen molar-refractivity contribution >= 4 is 83.6 Å². The first-order valence-electron chi connectivity index (χ1n) is 20.7. The van der Waals surface area contributed by atoms with Crippen molar-refractivity contribution in [3.05, 3.63) is 143 Å². The zero-order chi connectivity index (χ0) is 43.9. The van der Waals surface area contributed by atoms with Crippen molar-refractivity contribution in [2.24, 2.45) is 0 Å². The van der Waals surface area contributed by atoms with Crippen LogP contribution >= 0.6 is 0 Å². The second-order valence-corrected chi connectivity index (χ2v) is 16.0. The number of carboxylic acids is 2. The number of benzene rings is 4. The van der Waals surface area contributed by atoms with Gasteiger partial charge in [0.2, 0.25) is 0 Å². The molecule has 0 radical (unpaired) electrons. The first-order valence-corrected chi connectivity index (χ1v) is 20.7. The number of carbonyl (C=O) groups excluding carboxylic acids is 2. The van der Waals surface area contributed by atoms with Gasteiger partial charge in [-0.15, -0.1) is 0 Å². The van der Waals surface area contributed by atoms with Gasteiger partial charge >= 0.3 is 37.7 Å². The van der Waals surface area contributed by atoms with Gasteiger partial charge in [-0.05, 0) is 73.2 Å². The Balaban J connectivity index is 0.000000206. The van der Waals surface area contributed by atoms with Gasteiger partial charge in [0.05, 0.1) is 46.8 Å². The molecule has 4 atom stereocenters. The van der Waals surface area contributed by atoms with Gasteiger partial charge in [-0.1, -0.05) is 85.0 Å². The predicted molar refractivity (Wildman–Crippen MR) is 235 cm³/mol. The molecule has 4 aromatic carbocycles. The largest absolute Gasteiger partial charge is 2.00 e. The average Bonchev–Trinajstić information content (AvgIpc) is 4.17. The molecule has 13 heteroatoms. The van der Waals surface area contributed by atoms with Crippen molar-refractivity contribution in [3.8, 4) is 22.3 Å². The van der Waals surface area contributed by atoms with Crippen molar-refractivity contribution < 1.29 is 49.0 Å². The summed E-state index contributed by atoms with van der Waals surface area (Å²) in [7, 11) is 0. The minimum Gasteiger partial charge on any atom is -0.550 e. The van der Waals surface area contributed by atoms with Crippen molar-refractivity contribution in [3.63, 3.8) is 0 Å². The molecule has 0 amide bonds. The van der Waals surface area contributed by atoms with Gasteiger partial charge in [0.1, 0.15) is 11.6 Å². The average molecular weight is 881 g/mol. The second-order valence-electron chi connectivity index (χ2n) is 16.0. The fourth-order valence-corrected chi connectivity index (χ4v) is 7.70. The Morgan fingerprint density at radius 3 is 1.27 bits per heavy atom. The quantitative estimate of drug-likeness (QED) is 0.0843. The standard InChI is InChI=1S/2C25H24FNO4.Ca/c2*26-17-9-7-15(8-10-17)24-20-3-1-2-4-22(20)27-25(16-5-6-16)21(24)12-11-18(28)13-19(29)14-23(30)31;/h2*1-4,7-12,16,18-19,28-29H,5-6,13-14H2,(H,30,31);/q;;+2/p-2/b12-11+;12-11-;/t;18-,19+;/m.1./s1. The number of hydrogen-bond donors (Lipinski definition) is 4. The summed E-state index contributed by atoms with van der Waals surface area (Å²) in [6.45, 7) is 0. The Morgan fingerprint density at radius 1 is 0.587 bits per heavy atom. The SMILES string of the molecule is O=C([O-])CC(O)CC(O)/C=C/c1c(C2CC2)nc2ccccc2c1-c1ccc(F)cc1.O=C([O-])C[C@@H](O)C[C@H](O)/C=C\c1c(C2CC2)nc2ccccc2c1-c1ccc(F)cc1.[Ca+2]. The number of rotatable bonds is 16. The van der Waals surface area contributed by atoms with Crippen LogP contribution in [0.5, 0.6) is 0 Å². The molecule has 63 heavy (non-hydrogen) atoms. The van der Waals surface area contributed by atoms with Crippen LogP contribution < -0.4 is 10.2 Å². The number of aromatic nitrogens is 2. The zero-order valence-electron chi connectivity index (χ0n) is 34.4. The molecule has 2 aliphatic carbocycles. The van der Waals surface area contributed by atoms with Gasteiger partial charge in [-0.2, -0.15) is 0 Å². The van der Waals surface area contributed by atoms with E-state index >= 15 is 0 Å². The van der Waals surface area contributed by atoms with Crippen LogP contribution in [-0.4, -0.2) is 104 Å². The second kappa shape index (κ2) is 21.6. The van der Waals surface area contributed by atoms with Gasteiger partial charge in [0.15, 0.2) is 0 Å². The van der Waals surface area contributed by atoms with Gasteiger partial charge in [-0.3, -0.25) is 9.97 Å². The van der Waals surface area contributed by atoms with Crippen LogP contribution in [0, 0.1) is 11.6 Å². The van der Waals surface area contributed by atoms with E-state index in [2.05, 4.69) is 0 Å². The van der Waals surface area contributed by atoms with Crippen LogP contribution in [0.4, 0.5) is 8.78 Å². The predicted octanol–water partition coefficient (Wildman–Crippen LogP) is 5.99. The topological polar surface area (TPSA) is 187 Å². The van der Waals surface area contributed by atoms with Crippen molar-refractivity contribution in [2.75, 3.05) is 0 Å². The number of aliphatic carboxylic acids is 2. The maximum atomic E-state index is 13.6.